The molecule has 4 nitrogen and oxygen atoms in total. The summed E-state index contributed by atoms with van der Waals surface area (Å²) < 4.78 is 36.6. The Hall–Kier alpha value is -2.63. The molecule has 0 unspecified atom stereocenters. The molecule has 2 aromatic carbocycles. The number of benzene rings is 2. The van der Waals surface area contributed by atoms with E-state index in [0.717, 1.165) is 12.1 Å². The molecule has 6 heteroatoms. The van der Waals surface area contributed by atoms with Crippen LogP contribution in [-0.2, 0) is 11.2 Å². The molecule has 0 saturated carbocycles. The van der Waals surface area contributed by atoms with Crippen molar-refractivity contribution in [2.24, 2.45) is 0 Å². The minimum atomic E-state index is -0.905. The summed E-state index contributed by atoms with van der Waals surface area (Å²) >= 11 is 0. The monoisotopic (exact) mass is 335 g/mol. The summed E-state index contributed by atoms with van der Waals surface area (Å²) in [6, 6.07) is 10.9. The molecule has 0 spiro atoms. The number of carbonyl (C=O) groups excluding carboxylic acids is 1. The Labute approximate surface area is 139 Å². The summed E-state index contributed by atoms with van der Waals surface area (Å²) in [4.78, 5) is 11.7. The first-order valence-corrected chi connectivity index (χ1v) is 7.56. The van der Waals surface area contributed by atoms with Crippen LogP contribution in [0.2, 0.25) is 0 Å². The Morgan fingerprint density at radius 2 is 1.83 bits per heavy atom. The molecule has 0 fully saturated rings. The molecule has 0 bridgehead atoms. The third kappa shape index (κ3) is 5.22. The summed E-state index contributed by atoms with van der Waals surface area (Å²) in [6.07, 6.45) is 0.538. The van der Waals surface area contributed by atoms with E-state index in [1.165, 1.54) is 6.07 Å². The first kappa shape index (κ1) is 17.7. The summed E-state index contributed by atoms with van der Waals surface area (Å²) in [5, 5.41) is 2.71. The predicted molar refractivity (Wildman–Crippen MR) is 86.2 cm³/mol. The number of hydrogen-bond donors (Lipinski definition) is 1. The van der Waals surface area contributed by atoms with Crippen LogP contribution in [0.5, 0.6) is 11.5 Å². The minimum absolute atomic E-state index is 0.177. The summed E-state index contributed by atoms with van der Waals surface area (Å²) in [7, 11) is 1.56. The quantitative estimate of drug-likeness (QED) is 0.754. The van der Waals surface area contributed by atoms with Crippen molar-refractivity contribution in [3.05, 3.63) is 59.7 Å². The van der Waals surface area contributed by atoms with Crippen molar-refractivity contribution < 1.29 is 23.0 Å². The summed E-state index contributed by atoms with van der Waals surface area (Å²) in [6.45, 7) is 0.645. The molecule has 0 aliphatic heterocycles. The van der Waals surface area contributed by atoms with Crippen molar-refractivity contribution in [2.75, 3.05) is 20.3 Å². The van der Waals surface area contributed by atoms with Gasteiger partial charge in [-0.25, -0.2) is 8.78 Å². The van der Waals surface area contributed by atoms with E-state index in [1.807, 2.05) is 12.1 Å². The number of ether oxygens (including phenoxy) is 2. The zero-order valence-corrected chi connectivity index (χ0v) is 13.4. The Bertz CT molecular complexity index is 692. The maximum atomic E-state index is 13.1. The van der Waals surface area contributed by atoms with Gasteiger partial charge in [-0.1, -0.05) is 18.2 Å². The van der Waals surface area contributed by atoms with Crippen molar-refractivity contribution in [2.45, 2.75) is 12.8 Å². The molecule has 0 aliphatic rings. The van der Waals surface area contributed by atoms with Gasteiger partial charge in [0.15, 0.2) is 23.1 Å². The van der Waals surface area contributed by atoms with Gasteiger partial charge >= 0.3 is 0 Å². The molecule has 0 aromatic heterocycles. The first-order chi connectivity index (χ1) is 11.6. The molecule has 1 N–H and O–H groups in total. The van der Waals surface area contributed by atoms with Crippen molar-refractivity contribution in [1.82, 2.24) is 5.32 Å². The van der Waals surface area contributed by atoms with Crippen LogP contribution in [-0.4, -0.2) is 26.2 Å². The van der Waals surface area contributed by atoms with E-state index >= 15 is 0 Å². The molecule has 0 atom stereocenters. The molecular formula is C18H19F2NO3. The van der Waals surface area contributed by atoms with Crippen molar-refractivity contribution in [3.63, 3.8) is 0 Å². The van der Waals surface area contributed by atoms with Crippen LogP contribution in [0.25, 0.3) is 0 Å². The minimum Gasteiger partial charge on any atom is -0.493 e. The second-order valence-electron chi connectivity index (χ2n) is 5.10. The number of hydrogen-bond acceptors (Lipinski definition) is 3. The van der Waals surface area contributed by atoms with Gasteiger partial charge in [0.25, 0.3) is 0 Å². The number of aryl methyl sites for hydroxylation is 1. The van der Waals surface area contributed by atoms with Crippen LogP contribution in [0.1, 0.15) is 12.0 Å². The third-order valence-electron chi connectivity index (χ3n) is 3.38. The van der Waals surface area contributed by atoms with E-state index in [2.05, 4.69) is 5.32 Å². The number of rotatable bonds is 8. The van der Waals surface area contributed by atoms with E-state index in [4.69, 9.17) is 9.47 Å². The van der Waals surface area contributed by atoms with E-state index in [0.29, 0.717) is 36.6 Å². The average Bonchev–Trinajstić information content (AvgIpc) is 2.60. The first-order valence-electron chi connectivity index (χ1n) is 7.56. The molecular weight excluding hydrogens is 316 g/mol. The van der Waals surface area contributed by atoms with Crippen LogP contribution in [0, 0.1) is 11.6 Å². The van der Waals surface area contributed by atoms with Gasteiger partial charge in [0, 0.05) is 6.42 Å². The van der Waals surface area contributed by atoms with Gasteiger partial charge in [-0.05, 0) is 36.2 Å². The van der Waals surface area contributed by atoms with Gasteiger partial charge in [-0.15, -0.1) is 0 Å². The highest BCUT2D eigenvalue weighted by atomic mass is 19.2. The second kappa shape index (κ2) is 8.86. The fourth-order valence-corrected chi connectivity index (χ4v) is 2.13. The zero-order valence-electron chi connectivity index (χ0n) is 13.4. The second-order valence-corrected chi connectivity index (χ2v) is 5.10. The van der Waals surface area contributed by atoms with Gasteiger partial charge in [-0.2, -0.15) is 0 Å². The highest BCUT2D eigenvalue weighted by molar-refractivity contribution is 5.76. The van der Waals surface area contributed by atoms with Crippen LogP contribution in [0.4, 0.5) is 8.78 Å². The largest absolute Gasteiger partial charge is 0.493 e. The Kier molecular flexibility index (Phi) is 6.54. The lowest BCUT2D eigenvalue weighted by Gasteiger charge is -2.11. The number of halogens is 2. The number of carbonyl (C=O) groups is 1. The molecule has 0 heterocycles. The molecule has 24 heavy (non-hydrogen) atoms. The standard InChI is InChI=1S/C18H19F2NO3/c1-23-16-4-2-3-5-17(16)24-11-10-21-18(22)9-7-13-6-8-14(19)15(20)12-13/h2-6,8,12H,7,9-11H2,1H3,(H,21,22). The van der Waals surface area contributed by atoms with Crippen molar-refractivity contribution >= 4 is 5.91 Å². The highest BCUT2D eigenvalue weighted by Gasteiger charge is 2.06. The SMILES string of the molecule is COc1ccccc1OCCNC(=O)CCc1ccc(F)c(F)c1. The van der Waals surface area contributed by atoms with E-state index in [9.17, 15) is 13.6 Å². The third-order valence-corrected chi connectivity index (χ3v) is 3.38. The van der Waals surface area contributed by atoms with E-state index in [-0.39, 0.29) is 12.3 Å². The number of nitrogens with one attached hydrogen (secondary N) is 1. The highest BCUT2D eigenvalue weighted by Crippen LogP contribution is 2.25. The molecule has 0 saturated heterocycles. The number of amides is 1. The van der Waals surface area contributed by atoms with Crippen LogP contribution in [0.3, 0.4) is 0 Å². The maximum Gasteiger partial charge on any atom is 0.220 e. The lowest BCUT2D eigenvalue weighted by Crippen LogP contribution is -2.28. The Balaban J connectivity index is 1.69. The molecule has 128 valence electrons. The van der Waals surface area contributed by atoms with Gasteiger partial charge in [0.2, 0.25) is 5.91 Å². The number of methoxy groups -OCH3 is 1. The smallest absolute Gasteiger partial charge is 0.220 e. The summed E-state index contributed by atoms with van der Waals surface area (Å²) in [5.74, 6) is -0.739. The van der Waals surface area contributed by atoms with Crippen LogP contribution >= 0.6 is 0 Å². The fraction of sp³-hybridized carbons (Fsp3) is 0.278. The average molecular weight is 335 g/mol. The topological polar surface area (TPSA) is 47.6 Å². The normalized spacial score (nSPS) is 10.3. The van der Waals surface area contributed by atoms with Gasteiger partial charge in [0.05, 0.1) is 13.7 Å². The van der Waals surface area contributed by atoms with Gasteiger partial charge in [0.1, 0.15) is 6.61 Å². The van der Waals surface area contributed by atoms with Crippen LogP contribution < -0.4 is 14.8 Å². The van der Waals surface area contributed by atoms with Gasteiger partial charge < -0.3 is 14.8 Å². The maximum absolute atomic E-state index is 13.1. The van der Waals surface area contributed by atoms with E-state index < -0.39 is 11.6 Å². The van der Waals surface area contributed by atoms with Crippen molar-refractivity contribution in [1.29, 1.82) is 0 Å². The fourth-order valence-electron chi connectivity index (χ4n) is 2.13. The zero-order chi connectivity index (χ0) is 17.4. The molecule has 0 radical (unpaired) electrons. The molecule has 2 rings (SSSR count). The van der Waals surface area contributed by atoms with Crippen LogP contribution in [0.15, 0.2) is 42.5 Å². The predicted octanol–water partition coefficient (Wildman–Crippen LogP) is 3.10. The van der Waals surface area contributed by atoms with Gasteiger partial charge in [-0.3, -0.25) is 4.79 Å². The molecule has 0 aliphatic carbocycles. The summed E-state index contributed by atoms with van der Waals surface area (Å²) in [5.41, 5.74) is 0.578. The molecule has 2 aromatic rings. The Morgan fingerprint density at radius 3 is 2.54 bits per heavy atom. The lowest BCUT2D eigenvalue weighted by atomic mass is 10.1. The molecule has 1 amide bonds. The number of para-hydroxylation sites is 2. The lowest BCUT2D eigenvalue weighted by molar-refractivity contribution is -0.121. The van der Waals surface area contributed by atoms with Crippen molar-refractivity contribution in [3.8, 4) is 11.5 Å². The van der Waals surface area contributed by atoms with E-state index in [1.54, 1.807) is 19.2 Å². The Morgan fingerprint density at radius 1 is 1.08 bits per heavy atom.